The zero-order chi connectivity index (χ0) is 11.0. The summed E-state index contributed by atoms with van der Waals surface area (Å²) in [4.78, 5) is 0. The van der Waals surface area contributed by atoms with Gasteiger partial charge in [0.25, 0.3) is 0 Å². The Kier molecular flexibility index (Phi) is 2.60. The molecule has 1 aromatic carbocycles. The van der Waals surface area contributed by atoms with Crippen molar-refractivity contribution in [1.82, 2.24) is 5.32 Å². The van der Waals surface area contributed by atoms with Gasteiger partial charge in [0, 0.05) is 6.04 Å². The van der Waals surface area contributed by atoms with Crippen molar-refractivity contribution in [2.45, 2.75) is 38.1 Å². The number of hydrogen-bond donors (Lipinski definition) is 2. The molecule has 0 aromatic heterocycles. The number of benzene rings is 1. The minimum absolute atomic E-state index is 0.409. The zero-order valence-electron chi connectivity index (χ0n) is 9.58. The van der Waals surface area contributed by atoms with Crippen LogP contribution < -0.4 is 5.32 Å². The number of fused-ring (bicyclic) bond motifs is 1. The summed E-state index contributed by atoms with van der Waals surface area (Å²) in [5.74, 6) is 1.14. The van der Waals surface area contributed by atoms with Crippen molar-refractivity contribution in [2.75, 3.05) is 6.54 Å². The van der Waals surface area contributed by atoms with Gasteiger partial charge in [0.15, 0.2) is 0 Å². The summed E-state index contributed by atoms with van der Waals surface area (Å²) in [6.07, 6.45) is 6.43. The smallest absolute Gasteiger partial charge is 0.115 e. The van der Waals surface area contributed by atoms with E-state index in [1.54, 1.807) is 6.07 Å². The van der Waals surface area contributed by atoms with Gasteiger partial charge in [-0.25, -0.2) is 0 Å². The van der Waals surface area contributed by atoms with E-state index in [0.29, 0.717) is 5.75 Å². The van der Waals surface area contributed by atoms with Crippen molar-refractivity contribution in [3.05, 3.63) is 29.3 Å². The molecule has 3 rings (SSSR count). The predicted molar refractivity (Wildman–Crippen MR) is 64.6 cm³/mol. The second-order valence-electron chi connectivity index (χ2n) is 5.26. The van der Waals surface area contributed by atoms with Crippen LogP contribution >= 0.6 is 0 Å². The van der Waals surface area contributed by atoms with Crippen molar-refractivity contribution in [3.63, 3.8) is 0 Å². The fraction of sp³-hybridized carbons (Fsp3) is 0.571. The zero-order valence-corrected chi connectivity index (χ0v) is 9.58. The highest BCUT2D eigenvalue weighted by atomic mass is 16.3. The first-order valence-electron chi connectivity index (χ1n) is 6.35. The Morgan fingerprint density at radius 3 is 2.75 bits per heavy atom. The Hall–Kier alpha value is -1.02. The monoisotopic (exact) mass is 217 g/mol. The number of phenols is 1. The molecule has 0 bridgehead atoms. The number of rotatable bonds is 3. The highest BCUT2D eigenvalue weighted by Gasteiger charge is 2.23. The molecule has 2 aliphatic carbocycles. The fourth-order valence-corrected chi connectivity index (χ4v) is 2.79. The number of phenolic OH excluding ortho intramolecular Hbond substituents is 1. The van der Waals surface area contributed by atoms with Crippen LogP contribution in [-0.2, 0) is 12.8 Å². The molecule has 0 radical (unpaired) electrons. The van der Waals surface area contributed by atoms with Crippen LogP contribution in [0.4, 0.5) is 0 Å². The second-order valence-corrected chi connectivity index (χ2v) is 5.26. The van der Waals surface area contributed by atoms with Gasteiger partial charge in [-0.1, -0.05) is 12.5 Å². The molecule has 0 heterocycles. The molecule has 0 aliphatic heterocycles. The predicted octanol–water partition coefficient (Wildman–Crippen LogP) is 2.25. The summed E-state index contributed by atoms with van der Waals surface area (Å²) in [6, 6.07) is 6.60. The van der Waals surface area contributed by atoms with Gasteiger partial charge >= 0.3 is 0 Å². The Morgan fingerprint density at radius 1 is 1.19 bits per heavy atom. The van der Waals surface area contributed by atoms with Gasteiger partial charge < -0.3 is 10.4 Å². The molecule has 2 N–H and O–H groups in total. The van der Waals surface area contributed by atoms with Gasteiger partial charge in [0.1, 0.15) is 5.75 Å². The molecule has 0 spiro atoms. The van der Waals surface area contributed by atoms with E-state index in [0.717, 1.165) is 24.9 Å². The Balaban J connectivity index is 1.57. The van der Waals surface area contributed by atoms with Crippen molar-refractivity contribution in [3.8, 4) is 5.75 Å². The maximum Gasteiger partial charge on any atom is 0.115 e. The lowest BCUT2D eigenvalue weighted by atomic mass is 9.92. The molecule has 1 aromatic rings. The van der Waals surface area contributed by atoms with E-state index in [1.807, 2.05) is 6.07 Å². The number of aromatic hydroxyl groups is 1. The molecule has 16 heavy (non-hydrogen) atoms. The lowest BCUT2D eigenvalue weighted by molar-refractivity contribution is 0.318. The van der Waals surface area contributed by atoms with Crippen LogP contribution in [0, 0.1) is 5.92 Å². The Labute approximate surface area is 96.7 Å². The summed E-state index contributed by atoms with van der Waals surface area (Å²) in [5, 5.41) is 13.1. The van der Waals surface area contributed by atoms with Gasteiger partial charge in [0.2, 0.25) is 0 Å². The van der Waals surface area contributed by atoms with Crippen molar-refractivity contribution < 1.29 is 5.11 Å². The van der Waals surface area contributed by atoms with Crippen LogP contribution in [-0.4, -0.2) is 17.7 Å². The van der Waals surface area contributed by atoms with Gasteiger partial charge in [-0.05, 0) is 61.4 Å². The van der Waals surface area contributed by atoms with E-state index in [-0.39, 0.29) is 0 Å². The van der Waals surface area contributed by atoms with Gasteiger partial charge in [-0.3, -0.25) is 0 Å². The summed E-state index contributed by atoms with van der Waals surface area (Å²) in [6.45, 7) is 1.14. The fourth-order valence-electron chi connectivity index (χ4n) is 2.79. The molecule has 0 saturated heterocycles. The first-order chi connectivity index (χ1) is 7.81. The summed E-state index contributed by atoms with van der Waals surface area (Å²) < 4.78 is 0. The number of nitrogens with one attached hydrogen (secondary N) is 1. The molecule has 1 saturated carbocycles. The highest BCUT2D eigenvalue weighted by Crippen LogP contribution is 2.29. The van der Waals surface area contributed by atoms with Crippen LogP contribution in [0.25, 0.3) is 0 Å². The number of hydrogen-bond acceptors (Lipinski definition) is 2. The molecular formula is C14H19NO. The van der Waals surface area contributed by atoms with E-state index in [2.05, 4.69) is 11.4 Å². The molecule has 1 fully saturated rings. The topological polar surface area (TPSA) is 32.3 Å². The lowest BCUT2D eigenvalue weighted by Crippen LogP contribution is -2.38. The van der Waals surface area contributed by atoms with Crippen LogP contribution in [0.15, 0.2) is 18.2 Å². The summed E-state index contributed by atoms with van der Waals surface area (Å²) in [7, 11) is 0. The average Bonchev–Trinajstić information content (AvgIpc) is 2.57. The van der Waals surface area contributed by atoms with Crippen molar-refractivity contribution in [1.29, 1.82) is 0 Å². The van der Waals surface area contributed by atoms with E-state index in [9.17, 15) is 5.11 Å². The summed E-state index contributed by atoms with van der Waals surface area (Å²) in [5.41, 5.74) is 2.78. The van der Waals surface area contributed by atoms with E-state index < -0.39 is 0 Å². The standard InChI is InChI=1S/C14H19NO/c16-14-5-4-11-6-10(7-12(11)8-14)9-15-13-2-1-3-13/h4-5,8,10,13,15-16H,1-3,6-7,9H2. The molecule has 86 valence electrons. The van der Waals surface area contributed by atoms with Crippen LogP contribution in [0.2, 0.25) is 0 Å². The van der Waals surface area contributed by atoms with Crippen molar-refractivity contribution in [2.24, 2.45) is 5.92 Å². The minimum atomic E-state index is 0.409. The van der Waals surface area contributed by atoms with E-state index in [1.165, 1.54) is 36.8 Å². The molecule has 1 unspecified atom stereocenters. The van der Waals surface area contributed by atoms with Gasteiger partial charge in [0.05, 0.1) is 0 Å². The van der Waals surface area contributed by atoms with E-state index >= 15 is 0 Å². The average molecular weight is 217 g/mol. The molecule has 0 amide bonds. The third-order valence-electron chi connectivity index (χ3n) is 4.01. The first kappa shape index (κ1) is 10.2. The second kappa shape index (κ2) is 4.10. The Morgan fingerprint density at radius 2 is 2.00 bits per heavy atom. The van der Waals surface area contributed by atoms with Crippen LogP contribution in [0.1, 0.15) is 30.4 Å². The van der Waals surface area contributed by atoms with E-state index in [4.69, 9.17) is 0 Å². The van der Waals surface area contributed by atoms with Gasteiger partial charge in [-0.15, -0.1) is 0 Å². The first-order valence-corrected chi connectivity index (χ1v) is 6.35. The van der Waals surface area contributed by atoms with Crippen LogP contribution in [0.5, 0.6) is 5.75 Å². The largest absolute Gasteiger partial charge is 0.508 e. The maximum atomic E-state index is 9.43. The molecule has 2 nitrogen and oxygen atoms in total. The quantitative estimate of drug-likeness (QED) is 0.814. The molecular weight excluding hydrogens is 198 g/mol. The third-order valence-corrected chi connectivity index (χ3v) is 4.01. The van der Waals surface area contributed by atoms with Gasteiger partial charge in [-0.2, -0.15) is 0 Å². The van der Waals surface area contributed by atoms with Crippen LogP contribution in [0.3, 0.4) is 0 Å². The van der Waals surface area contributed by atoms with Crippen molar-refractivity contribution >= 4 is 0 Å². The molecule has 2 aliphatic rings. The lowest BCUT2D eigenvalue weighted by Gasteiger charge is -2.27. The minimum Gasteiger partial charge on any atom is -0.508 e. The highest BCUT2D eigenvalue weighted by molar-refractivity contribution is 5.38. The maximum absolute atomic E-state index is 9.43. The SMILES string of the molecule is Oc1ccc2c(c1)CC(CNC1CCC1)C2. The Bertz CT molecular complexity index is 384. The molecule has 1 atom stereocenters. The summed E-state index contributed by atoms with van der Waals surface area (Å²) >= 11 is 0. The third kappa shape index (κ3) is 1.94. The molecule has 2 heteroatoms. The normalized spacial score (nSPS) is 24.1.